The van der Waals surface area contributed by atoms with Gasteiger partial charge in [-0.2, -0.15) is 0 Å². The average molecular weight is 560 g/mol. The lowest BCUT2D eigenvalue weighted by atomic mass is 9.76. The molecule has 0 amide bonds. The summed E-state index contributed by atoms with van der Waals surface area (Å²) in [7, 11) is 0. The molecule has 41 heavy (non-hydrogen) atoms. The third-order valence-electron chi connectivity index (χ3n) is 6.67. The molecule has 0 heterocycles. The zero-order chi connectivity index (χ0) is 30.1. The molecule has 0 unspecified atom stereocenters. The van der Waals surface area contributed by atoms with Crippen LogP contribution in [0.5, 0.6) is 0 Å². The first kappa shape index (κ1) is 32.0. The topological polar surface area (TPSA) is 84.9 Å². The zero-order valence-corrected chi connectivity index (χ0v) is 25.2. The Morgan fingerprint density at radius 3 is 1.44 bits per heavy atom. The van der Waals surface area contributed by atoms with E-state index in [-0.39, 0.29) is 13.0 Å². The lowest BCUT2D eigenvalue weighted by Gasteiger charge is -2.40. The highest BCUT2D eigenvalue weighted by Gasteiger charge is 2.42. The van der Waals surface area contributed by atoms with Crippen LogP contribution in [0.3, 0.4) is 0 Å². The molecule has 0 saturated carbocycles. The number of carbonyl (C=O) groups excluding carboxylic acids is 2. The predicted octanol–water partition coefficient (Wildman–Crippen LogP) is 6.40. The summed E-state index contributed by atoms with van der Waals surface area (Å²) in [5.41, 5.74) is 0.449. The van der Waals surface area contributed by atoms with Crippen molar-refractivity contribution in [2.24, 2.45) is 5.92 Å². The van der Waals surface area contributed by atoms with Crippen molar-refractivity contribution in [2.45, 2.75) is 83.6 Å². The molecule has 0 aliphatic rings. The van der Waals surface area contributed by atoms with Crippen LogP contribution >= 0.6 is 0 Å². The van der Waals surface area contributed by atoms with E-state index < -0.39 is 40.6 Å². The summed E-state index contributed by atoms with van der Waals surface area (Å²) in [6.45, 7) is 10.9. The number of carbonyl (C=O) groups is 2. The van der Waals surface area contributed by atoms with E-state index in [9.17, 15) is 14.7 Å². The first-order valence-electron chi connectivity index (χ1n) is 14.4. The number of ether oxygens (including phenoxy) is 2. The predicted molar refractivity (Wildman–Crippen MR) is 162 cm³/mol. The second-order valence-electron chi connectivity index (χ2n) is 12.4. The molecule has 3 aromatic carbocycles. The van der Waals surface area contributed by atoms with Gasteiger partial charge in [0.2, 0.25) is 0 Å². The van der Waals surface area contributed by atoms with Crippen LogP contribution in [0.1, 0.15) is 77.5 Å². The van der Waals surface area contributed by atoms with Gasteiger partial charge in [0.15, 0.2) is 0 Å². The number of aliphatic hydroxyl groups excluding tert-OH is 1. The van der Waals surface area contributed by atoms with Gasteiger partial charge in [0.25, 0.3) is 0 Å². The van der Waals surface area contributed by atoms with Crippen LogP contribution in [0.25, 0.3) is 0 Å². The maximum Gasteiger partial charge on any atom is 0.323 e. The van der Waals surface area contributed by atoms with Gasteiger partial charge in [-0.15, -0.1) is 0 Å². The smallest absolute Gasteiger partial charge is 0.323 e. The minimum Gasteiger partial charge on any atom is -0.460 e. The van der Waals surface area contributed by atoms with Crippen molar-refractivity contribution < 1.29 is 24.2 Å². The van der Waals surface area contributed by atoms with Gasteiger partial charge in [-0.05, 0) is 77.5 Å². The van der Waals surface area contributed by atoms with Crippen molar-refractivity contribution in [1.29, 1.82) is 0 Å². The van der Waals surface area contributed by atoms with E-state index >= 15 is 0 Å². The van der Waals surface area contributed by atoms with Gasteiger partial charge >= 0.3 is 11.9 Å². The quantitative estimate of drug-likeness (QED) is 0.197. The summed E-state index contributed by atoms with van der Waals surface area (Å²) in [5.74, 6) is -1.49. The number of esters is 2. The maximum absolute atomic E-state index is 14.0. The fourth-order valence-corrected chi connectivity index (χ4v) is 5.00. The van der Waals surface area contributed by atoms with Gasteiger partial charge in [-0.25, -0.2) is 0 Å². The highest BCUT2D eigenvalue weighted by molar-refractivity contribution is 5.79. The van der Waals surface area contributed by atoms with Gasteiger partial charge in [-0.1, -0.05) is 91.0 Å². The number of rotatable bonds is 12. The van der Waals surface area contributed by atoms with Crippen LogP contribution in [0.15, 0.2) is 91.0 Å². The van der Waals surface area contributed by atoms with E-state index in [0.29, 0.717) is 12.8 Å². The van der Waals surface area contributed by atoms with Gasteiger partial charge < -0.3 is 14.6 Å². The van der Waals surface area contributed by atoms with Gasteiger partial charge in [0.1, 0.15) is 17.2 Å². The summed E-state index contributed by atoms with van der Waals surface area (Å²) in [4.78, 5) is 27.4. The number of nitrogens with one attached hydrogen (secondary N) is 1. The molecule has 0 aromatic heterocycles. The normalized spacial score (nSPS) is 13.7. The molecule has 0 radical (unpaired) electrons. The molecule has 0 aliphatic heterocycles. The molecule has 0 bridgehead atoms. The largest absolute Gasteiger partial charge is 0.460 e. The van der Waals surface area contributed by atoms with Crippen molar-refractivity contribution in [3.63, 3.8) is 0 Å². The van der Waals surface area contributed by atoms with Crippen molar-refractivity contribution in [3.05, 3.63) is 108 Å². The third kappa shape index (κ3) is 9.00. The maximum atomic E-state index is 14.0. The van der Waals surface area contributed by atoms with Crippen LogP contribution in [0.2, 0.25) is 0 Å². The molecule has 2 N–H and O–H groups in total. The second kappa shape index (κ2) is 13.9. The Kier molecular flexibility index (Phi) is 10.9. The molecule has 0 spiro atoms. The average Bonchev–Trinajstić information content (AvgIpc) is 2.92. The number of hydrogen-bond donors (Lipinski definition) is 2. The lowest BCUT2D eigenvalue weighted by molar-refractivity contribution is -0.163. The second-order valence-corrected chi connectivity index (χ2v) is 12.4. The summed E-state index contributed by atoms with van der Waals surface area (Å²) in [5, 5.41) is 13.3. The first-order chi connectivity index (χ1) is 19.4. The first-order valence-corrected chi connectivity index (χ1v) is 14.4. The van der Waals surface area contributed by atoms with Crippen LogP contribution < -0.4 is 5.32 Å². The fourth-order valence-electron chi connectivity index (χ4n) is 5.00. The Hall–Kier alpha value is -3.48. The molecule has 2 atom stereocenters. The molecule has 220 valence electrons. The van der Waals surface area contributed by atoms with E-state index in [1.165, 1.54) is 0 Å². The van der Waals surface area contributed by atoms with E-state index in [1.54, 1.807) is 0 Å². The lowest BCUT2D eigenvalue weighted by Crippen LogP contribution is -2.54. The summed E-state index contributed by atoms with van der Waals surface area (Å²) in [6, 6.07) is 29.1. The number of aliphatic hydroxyl groups is 1. The molecule has 0 aliphatic carbocycles. The highest BCUT2D eigenvalue weighted by atomic mass is 16.6. The summed E-state index contributed by atoms with van der Waals surface area (Å²) < 4.78 is 11.7. The SMILES string of the molecule is CC(C)(C)OC(=O)[C@H](CCCO)C[C@H](NC(c1ccccc1)(c1ccccc1)c1ccccc1)C(=O)OC(C)(C)C. The molecular weight excluding hydrogens is 514 g/mol. The zero-order valence-electron chi connectivity index (χ0n) is 25.2. The summed E-state index contributed by atoms with van der Waals surface area (Å²) >= 11 is 0. The Morgan fingerprint density at radius 1 is 0.683 bits per heavy atom. The monoisotopic (exact) mass is 559 g/mol. The minimum absolute atomic E-state index is 0.0637. The minimum atomic E-state index is -0.944. The van der Waals surface area contributed by atoms with Crippen LogP contribution in [0.4, 0.5) is 0 Å². The van der Waals surface area contributed by atoms with E-state index in [4.69, 9.17) is 9.47 Å². The standard InChI is InChI=1S/C35H45NO5/c1-33(2,3)40-31(38)26(17-16-24-37)25-30(32(39)41-34(4,5)6)36-35(27-18-10-7-11-19-27,28-20-12-8-13-21-28)29-22-14-9-15-23-29/h7-15,18-23,26,30,36-37H,16-17,24-25H2,1-6H3/t26-,30+/m1/s1. The number of benzene rings is 3. The van der Waals surface area contributed by atoms with Gasteiger partial charge in [0.05, 0.1) is 11.5 Å². The Labute approximate surface area is 245 Å². The Balaban J connectivity index is 2.20. The highest BCUT2D eigenvalue weighted by Crippen LogP contribution is 2.38. The van der Waals surface area contributed by atoms with Crippen molar-refractivity contribution in [2.75, 3.05) is 6.61 Å². The van der Waals surface area contributed by atoms with Gasteiger partial charge in [0, 0.05) is 6.61 Å². The molecule has 0 fully saturated rings. The molecular formula is C35H45NO5. The molecule has 0 saturated heterocycles. The van der Waals surface area contributed by atoms with Crippen molar-refractivity contribution in [3.8, 4) is 0 Å². The molecule has 6 heteroatoms. The van der Waals surface area contributed by atoms with Crippen LogP contribution in [-0.4, -0.2) is 40.9 Å². The van der Waals surface area contributed by atoms with E-state index in [0.717, 1.165) is 16.7 Å². The Morgan fingerprint density at radius 2 is 1.07 bits per heavy atom. The molecule has 6 nitrogen and oxygen atoms in total. The molecule has 3 aromatic rings. The number of hydrogen-bond acceptors (Lipinski definition) is 6. The van der Waals surface area contributed by atoms with E-state index in [2.05, 4.69) is 5.32 Å². The Bertz CT molecular complexity index is 1130. The van der Waals surface area contributed by atoms with Crippen molar-refractivity contribution in [1.82, 2.24) is 5.32 Å². The third-order valence-corrected chi connectivity index (χ3v) is 6.67. The molecule has 3 rings (SSSR count). The van der Waals surface area contributed by atoms with Crippen LogP contribution in [0, 0.1) is 5.92 Å². The van der Waals surface area contributed by atoms with Gasteiger partial charge in [-0.3, -0.25) is 14.9 Å². The van der Waals surface area contributed by atoms with Crippen LogP contribution in [-0.2, 0) is 24.6 Å². The summed E-state index contributed by atoms with van der Waals surface area (Å²) in [6.07, 6.45) is 0.922. The fraction of sp³-hybridized carbons (Fsp3) is 0.429. The van der Waals surface area contributed by atoms with E-state index in [1.807, 2.05) is 133 Å². The van der Waals surface area contributed by atoms with Crippen molar-refractivity contribution >= 4 is 11.9 Å².